The zero-order valence-electron chi connectivity index (χ0n) is 14.9. The van der Waals surface area contributed by atoms with Crippen LogP contribution in [0.25, 0.3) is 16.7 Å². The number of aromatic amines is 1. The zero-order valence-corrected chi connectivity index (χ0v) is 14.9. The number of aryl methyl sites for hydroxylation is 1. The fourth-order valence-electron chi connectivity index (χ4n) is 3.75. The zero-order chi connectivity index (χ0) is 19.1. The fraction of sp³-hybridized carbons (Fsp3) is 0.143. The van der Waals surface area contributed by atoms with Crippen molar-refractivity contribution in [2.45, 2.75) is 18.9 Å². The van der Waals surface area contributed by atoms with Crippen LogP contribution in [0.3, 0.4) is 0 Å². The van der Waals surface area contributed by atoms with Gasteiger partial charge in [0.15, 0.2) is 5.65 Å². The highest BCUT2D eigenvalue weighted by Gasteiger charge is 2.22. The Bertz CT molecular complexity index is 1290. The van der Waals surface area contributed by atoms with Crippen molar-refractivity contribution in [1.29, 1.82) is 0 Å². The van der Waals surface area contributed by atoms with Crippen molar-refractivity contribution in [2.75, 3.05) is 5.32 Å². The van der Waals surface area contributed by atoms with Gasteiger partial charge in [-0.25, -0.2) is 14.3 Å². The third-order valence-corrected chi connectivity index (χ3v) is 5.10. The number of rotatable bonds is 3. The van der Waals surface area contributed by atoms with Gasteiger partial charge in [0, 0.05) is 6.20 Å². The summed E-state index contributed by atoms with van der Waals surface area (Å²) >= 11 is 0. The molecule has 0 saturated carbocycles. The van der Waals surface area contributed by atoms with Crippen molar-refractivity contribution in [1.82, 2.24) is 19.5 Å². The highest BCUT2D eigenvalue weighted by Crippen LogP contribution is 2.32. The number of benzene rings is 2. The average molecular weight is 371 g/mol. The van der Waals surface area contributed by atoms with Crippen LogP contribution in [0.15, 0.2) is 70.4 Å². The van der Waals surface area contributed by atoms with E-state index < -0.39 is 11.2 Å². The van der Waals surface area contributed by atoms with Gasteiger partial charge in [0.2, 0.25) is 5.95 Å². The number of anilines is 1. The monoisotopic (exact) mass is 371 g/mol. The first-order chi connectivity index (χ1) is 13.7. The van der Waals surface area contributed by atoms with E-state index in [1.54, 1.807) is 24.3 Å². The smallest absolute Gasteiger partial charge is 0.334 e. The topological polar surface area (TPSA) is 92.7 Å². The first-order valence-corrected chi connectivity index (χ1v) is 9.12. The molecule has 4 aromatic rings. The molecule has 5 rings (SSSR count). The molecule has 0 unspecified atom stereocenters. The second-order valence-corrected chi connectivity index (χ2v) is 6.80. The molecular formula is C21H17N5O2. The Morgan fingerprint density at radius 2 is 1.82 bits per heavy atom. The van der Waals surface area contributed by atoms with Crippen molar-refractivity contribution in [2.24, 2.45) is 0 Å². The first kappa shape index (κ1) is 16.4. The molecule has 1 aliphatic carbocycles. The van der Waals surface area contributed by atoms with Gasteiger partial charge in [-0.3, -0.25) is 9.78 Å². The van der Waals surface area contributed by atoms with Crippen LogP contribution in [0, 0.1) is 0 Å². The number of nitrogens with zero attached hydrogens (tertiary/aromatic N) is 3. The van der Waals surface area contributed by atoms with Gasteiger partial charge in [0.05, 0.1) is 11.7 Å². The van der Waals surface area contributed by atoms with E-state index in [-0.39, 0.29) is 17.1 Å². The molecular weight excluding hydrogens is 354 g/mol. The molecule has 28 heavy (non-hydrogen) atoms. The van der Waals surface area contributed by atoms with Gasteiger partial charge < -0.3 is 5.32 Å². The Balaban J connectivity index is 1.54. The van der Waals surface area contributed by atoms with Crippen LogP contribution in [0.4, 0.5) is 5.95 Å². The van der Waals surface area contributed by atoms with E-state index >= 15 is 0 Å². The van der Waals surface area contributed by atoms with Crippen molar-refractivity contribution >= 4 is 17.0 Å². The lowest BCUT2D eigenvalue weighted by molar-refractivity contribution is 0.751. The average Bonchev–Trinajstić information content (AvgIpc) is 3.12. The number of aromatic nitrogens is 4. The predicted octanol–water partition coefficient (Wildman–Crippen LogP) is 2.57. The Morgan fingerprint density at radius 1 is 1.04 bits per heavy atom. The quantitative estimate of drug-likeness (QED) is 0.577. The number of hydrogen-bond acceptors (Lipinski definition) is 5. The number of para-hydroxylation sites is 1. The maximum absolute atomic E-state index is 12.8. The minimum Gasteiger partial charge on any atom is -0.347 e. The Labute approximate surface area is 159 Å². The number of nitrogens with one attached hydrogen (secondary N) is 2. The summed E-state index contributed by atoms with van der Waals surface area (Å²) in [7, 11) is 0. The summed E-state index contributed by atoms with van der Waals surface area (Å²) in [5, 5.41) is 3.59. The van der Waals surface area contributed by atoms with E-state index in [1.807, 2.05) is 18.2 Å². The summed E-state index contributed by atoms with van der Waals surface area (Å²) in [6.07, 6.45) is 3.41. The Morgan fingerprint density at radius 3 is 2.68 bits per heavy atom. The molecule has 2 aromatic heterocycles. The summed E-state index contributed by atoms with van der Waals surface area (Å²) < 4.78 is 1.09. The van der Waals surface area contributed by atoms with Crippen molar-refractivity contribution in [3.8, 4) is 5.69 Å². The van der Waals surface area contributed by atoms with E-state index in [2.05, 4.69) is 32.4 Å². The summed E-state index contributed by atoms with van der Waals surface area (Å²) in [5.74, 6) is 0.390. The standard InChI is InChI=1S/C21H17N5O2/c27-19-16-12-22-20(23-17-11-10-13-6-4-5-9-15(13)17)24-18(16)25-21(28)26(19)14-7-2-1-3-8-14/h1-9,12,17H,10-11H2,(H2,22,23,24,25,28)/t17-/m0/s1. The Kier molecular flexibility index (Phi) is 3.79. The molecule has 2 N–H and O–H groups in total. The molecule has 0 bridgehead atoms. The lowest BCUT2D eigenvalue weighted by Crippen LogP contribution is -2.34. The van der Waals surface area contributed by atoms with Gasteiger partial charge in [-0.05, 0) is 36.1 Å². The van der Waals surface area contributed by atoms with Gasteiger partial charge in [0.1, 0.15) is 5.39 Å². The maximum Gasteiger partial charge on any atom is 0.334 e. The summed E-state index contributed by atoms with van der Waals surface area (Å²) in [6.45, 7) is 0. The second-order valence-electron chi connectivity index (χ2n) is 6.80. The molecule has 1 aliphatic rings. The van der Waals surface area contributed by atoms with E-state index in [1.165, 1.54) is 17.3 Å². The van der Waals surface area contributed by atoms with E-state index in [0.29, 0.717) is 11.6 Å². The third kappa shape index (κ3) is 2.68. The van der Waals surface area contributed by atoms with Crippen molar-refractivity contribution in [3.05, 3.63) is 92.8 Å². The van der Waals surface area contributed by atoms with E-state index in [0.717, 1.165) is 17.4 Å². The summed E-state index contributed by atoms with van der Waals surface area (Å²) in [4.78, 5) is 36.7. The molecule has 0 aliphatic heterocycles. The van der Waals surface area contributed by atoms with Crippen molar-refractivity contribution in [3.63, 3.8) is 0 Å². The molecule has 1 atom stereocenters. The predicted molar refractivity (Wildman–Crippen MR) is 107 cm³/mol. The van der Waals surface area contributed by atoms with Crippen LogP contribution in [0.1, 0.15) is 23.6 Å². The number of fused-ring (bicyclic) bond motifs is 2. The molecule has 138 valence electrons. The molecule has 0 amide bonds. The molecule has 2 heterocycles. The molecule has 2 aromatic carbocycles. The SMILES string of the molecule is O=c1[nH]c2nc(N[C@H]3CCc4ccccc43)ncc2c(=O)n1-c1ccccc1. The highest BCUT2D eigenvalue weighted by atomic mass is 16.2. The second kappa shape index (κ2) is 6.45. The van der Waals surface area contributed by atoms with Crippen LogP contribution >= 0.6 is 0 Å². The molecule has 0 radical (unpaired) electrons. The van der Waals surface area contributed by atoms with Crippen LogP contribution in [0.5, 0.6) is 0 Å². The minimum absolute atomic E-state index is 0.116. The van der Waals surface area contributed by atoms with Gasteiger partial charge >= 0.3 is 5.69 Å². The highest BCUT2D eigenvalue weighted by molar-refractivity contribution is 5.73. The normalized spacial score (nSPS) is 15.5. The summed E-state index contributed by atoms with van der Waals surface area (Å²) in [6, 6.07) is 17.2. The largest absolute Gasteiger partial charge is 0.347 e. The molecule has 0 spiro atoms. The van der Waals surface area contributed by atoms with Gasteiger partial charge in [-0.15, -0.1) is 0 Å². The van der Waals surface area contributed by atoms with E-state index in [9.17, 15) is 9.59 Å². The van der Waals surface area contributed by atoms with Crippen LogP contribution < -0.4 is 16.6 Å². The molecule has 7 nitrogen and oxygen atoms in total. The molecule has 0 saturated heterocycles. The van der Waals surface area contributed by atoms with Gasteiger partial charge in [-0.2, -0.15) is 4.98 Å². The number of hydrogen-bond donors (Lipinski definition) is 2. The van der Waals surface area contributed by atoms with Crippen LogP contribution in [-0.2, 0) is 6.42 Å². The minimum atomic E-state index is -0.528. The lowest BCUT2D eigenvalue weighted by atomic mass is 10.1. The van der Waals surface area contributed by atoms with Crippen LogP contribution in [-0.4, -0.2) is 19.5 Å². The molecule has 0 fully saturated rings. The van der Waals surface area contributed by atoms with Gasteiger partial charge in [-0.1, -0.05) is 42.5 Å². The van der Waals surface area contributed by atoms with Crippen molar-refractivity contribution < 1.29 is 0 Å². The maximum atomic E-state index is 12.8. The fourth-order valence-corrected chi connectivity index (χ4v) is 3.75. The lowest BCUT2D eigenvalue weighted by Gasteiger charge is -2.14. The number of H-pyrrole nitrogens is 1. The van der Waals surface area contributed by atoms with Gasteiger partial charge in [0.25, 0.3) is 5.56 Å². The third-order valence-electron chi connectivity index (χ3n) is 5.10. The van der Waals surface area contributed by atoms with E-state index in [4.69, 9.17) is 0 Å². The van der Waals surface area contributed by atoms with Crippen LogP contribution in [0.2, 0.25) is 0 Å². The molecule has 7 heteroatoms. The summed E-state index contributed by atoms with van der Waals surface area (Å²) in [5.41, 5.74) is 2.31. The Hall–Kier alpha value is -3.74. The first-order valence-electron chi connectivity index (χ1n) is 9.12.